The van der Waals surface area contributed by atoms with Gasteiger partial charge in [0.25, 0.3) is 0 Å². The zero-order valence-corrected chi connectivity index (χ0v) is 10.9. The third-order valence-electron chi connectivity index (χ3n) is 3.42. The number of hydrogen-bond acceptors (Lipinski definition) is 3. The largest absolute Gasteiger partial charge is 0.381 e. The van der Waals surface area contributed by atoms with Gasteiger partial charge in [-0.3, -0.25) is 4.79 Å². The van der Waals surface area contributed by atoms with E-state index in [-0.39, 0.29) is 5.91 Å². The minimum Gasteiger partial charge on any atom is -0.381 e. The average Bonchev–Trinajstić information content (AvgIpc) is 2.80. The molecule has 2 unspecified atom stereocenters. The lowest BCUT2D eigenvalue weighted by Crippen LogP contribution is -2.26. The van der Waals surface area contributed by atoms with Crippen LogP contribution in [0.15, 0.2) is 0 Å². The van der Waals surface area contributed by atoms with Crippen LogP contribution in [-0.2, 0) is 9.53 Å². The molecule has 0 radical (unpaired) electrons. The van der Waals surface area contributed by atoms with Gasteiger partial charge in [-0.15, -0.1) is 0 Å². The molecule has 0 aliphatic carbocycles. The summed E-state index contributed by atoms with van der Waals surface area (Å²) in [6.45, 7) is 5.40. The number of hydrogen-bond donors (Lipinski definition) is 2. The summed E-state index contributed by atoms with van der Waals surface area (Å²) >= 11 is 0. The molecular weight excluding hydrogens is 216 g/mol. The van der Waals surface area contributed by atoms with E-state index in [1.807, 2.05) is 0 Å². The Labute approximate surface area is 104 Å². The van der Waals surface area contributed by atoms with Crippen molar-refractivity contribution in [2.45, 2.75) is 39.0 Å². The number of rotatable bonds is 8. The standard InChI is InChI=1S/C13H26N2O2/c1-11(4-7-14)2-3-13(16)15-8-5-12-6-9-17-10-12/h11-12H,2-10,14H2,1H3,(H,15,16). The van der Waals surface area contributed by atoms with Crippen molar-refractivity contribution in [2.24, 2.45) is 17.6 Å². The minimum absolute atomic E-state index is 0.174. The lowest BCUT2D eigenvalue weighted by molar-refractivity contribution is -0.121. The Balaban J connectivity index is 1.96. The summed E-state index contributed by atoms with van der Waals surface area (Å²) in [7, 11) is 0. The second-order valence-electron chi connectivity index (χ2n) is 5.09. The SMILES string of the molecule is CC(CCN)CCC(=O)NCCC1CCOC1. The zero-order valence-electron chi connectivity index (χ0n) is 10.9. The summed E-state index contributed by atoms with van der Waals surface area (Å²) in [5.41, 5.74) is 5.47. The predicted octanol–water partition coefficient (Wildman–Crippen LogP) is 1.29. The average molecular weight is 242 g/mol. The van der Waals surface area contributed by atoms with E-state index in [1.54, 1.807) is 0 Å². The van der Waals surface area contributed by atoms with Crippen LogP contribution in [0.1, 0.15) is 39.0 Å². The highest BCUT2D eigenvalue weighted by Crippen LogP contribution is 2.15. The molecule has 0 spiro atoms. The molecule has 1 saturated heterocycles. The van der Waals surface area contributed by atoms with Gasteiger partial charge in [-0.05, 0) is 44.1 Å². The molecular formula is C13H26N2O2. The van der Waals surface area contributed by atoms with Gasteiger partial charge in [-0.2, -0.15) is 0 Å². The van der Waals surface area contributed by atoms with E-state index < -0.39 is 0 Å². The van der Waals surface area contributed by atoms with Crippen LogP contribution < -0.4 is 11.1 Å². The van der Waals surface area contributed by atoms with Crippen molar-refractivity contribution in [1.82, 2.24) is 5.32 Å². The van der Waals surface area contributed by atoms with E-state index in [2.05, 4.69) is 12.2 Å². The molecule has 0 bridgehead atoms. The van der Waals surface area contributed by atoms with Crippen molar-refractivity contribution in [2.75, 3.05) is 26.3 Å². The van der Waals surface area contributed by atoms with Crippen LogP contribution in [0, 0.1) is 11.8 Å². The fraction of sp³-hybridized carbons (Fsp3) is 0.923. The minimum atomic E-state index is 0.174. The molecule has 0 aromatic carbocycles. The summed E-state index contributed by atoms with van der Waals surface area (Å²) in [5, 5.41) is 2.98. The summed E-state index contributed by atoms with van der Waals surface area (Å²) < 4.78 is 5.30. The van der Waals surface area contributed by atoms with E-state index in [9.17, 15) is 4.79 Å². The summed E-state index contributed by atoms with van der Waals surface area (Å²) in [6.07, 6.45) is 4.76. The van der Waals surface area contributed by atoms with E-state index in [0.717, 1.165) is 45.4 Å². The van der Waals surface area contributed by atoms with Crippen molar-refractivity contribution >= 4 is 5.91 Å². The first-order chi connectivity index (χ1) is 8.22. The van der Waals surface area contributed by atoms with Gasteiger partial charge in [0.05, 0.1) is 0 Å². The molecule has 3 N–H and O–H groups in total. The maximum atomic E-state index is 11.6. The van der Waals surface area contributed by atoms with Gasteiger partial charge >= 0.3 is 0 Å². The highest BCUT2D eigenvalue weighted by atomic mass is 16.5. The van der Waals surface area contributed by atoms with E-state index in [1.165, 1.54) is 0 Å². The molecule has 17 heavy (non-hydrogen) atoms. The fourth-order valence-electron chi connectivity index (χ4n) is 2.12. The normalized spacial score (nSPS) is 21.4. The second kappa shape index (κ2) is 8.48. The van der Waals surface area contributed by atoms with Crippen molar-refractivity contribution < 1.29 is 9.53 Å². The number of nitrogens with one attached hydrogen (secondary N) is 1. The Morgan fingerprint density at radius 2 is 2.35 bits per heavy atom. The Hall–Kier alpha value is -0.610. The molecule has 1 fully saturated rings. The molecule has 100 valence electrons. The van der Waals surface area contributed by atoms with Crippen molar-refractivity contribution in [3.05, 3.63) is 0 Å². The molecule has 0 saturated carbocycles. The molecule has 2 atom stereocenters. The maximum Gasteiger partial charge on any atom is 0.220 e. The lowest BCUT2D eigenvalue weighted by Gasteiger charge is -2.11. The van der Waals surface area contributed by atoms with Gasteiger partial charge in [-0.1, -0.05) is 6.92 Å². The van der Waals surface area contributed by atoms with Crippen molar-refractivity contribution in [3.8, 4) is 0 Å². The molecule has 1 rings (SSSR count). The highest BCUT2D eigenvalue weighted by molar-refractivity contribution is 5.75. The molecule has 0 aromatic rings. The Bertz CT molecular complexity index is 215. The van der Waals surface area contributed by atoms with E-state index in [0.29, 0.717) is 24.8 Å². The first-order valence-electron chi connectivity index (χ1n) is 6.77. The first-order valence-corrected chi connectivity index (χ1v) is 6.77. The summed E-state index contributed by atoms with van der Waals surface area (Å²) in [5.74, 6) is 1.37. The summed E-state index contributed by atoms with van der Waals surface area (Å²) in [6, 6.07) is 0. The summed E-state index contributed by atoms with van der Waals surface area (Å²) in [4.78, 5) is 11.6. The molecule has 4 heteroatoms. The zero-order chi connectivity index (χ0) is 12.5. The molecule has 1 amide bonds. The van der Waals surface area contributed by atoms with Crippen LogP contribution in [0.4, 0.5) is 0 Å². The smallest absolute Gasteiger partial charge is 0.220 e. The topological polar surface area (TPSA) is 64.4 Å². The van der Waals surface area contributed by atoms with Crippen molar-refractivity contribution in [3.63, 3.8) is 0 Å². The fourth-order valence-corrected chi connectivity index (χ4v) is 2.12. The second-order valence-corrected chi connectivity index (χ2v) is 5.09. The molecule has 4 nitrogen and oxygen atoms in total. The molecule has 1 aliphatic heterocycles. The Kier molecular flexibility index (Phi) is 7.21. The number of carbonyl (C=O) groups excluding carboxylic acids is 1. The van der Waals surface area contributed by atoms with Gasteiger partial charge < -0.3 is 15.8 Å². The van der Waals surface area contributed by atoms with Crippen LogP contribution in [-0.4, -0.2) is 32.2 Å². The van der Waals surface area contributed by atoms with Crippen molar-refractivity contribution in [1.29, 1.82) is 0 Å². The van der Waals surface area contributed by atoms with Gasteiger partial charge in [0.2, 0.25) is 5.91 Å². The molecule has 1 aliphatic rings. The Morgan fingerprint density at radius 3 is 3.00 bits per heavy atom. The highest BCUT2D eigenvalue weighted by Gasteiger charge is 2.15. The number of carbonyl (C=O) groups is 1. The van der Waals surface area contributed by atoms with Gasteiger partial charge in [0.1, 0.15) is 0 Å². The molecule has 1 heterocycles. The quantitative estimate of drug-likeness (QED) is 0.674. The monoisotopic (exact) mass is 242 g/mol. The first kappa shape index (κ1) is 14.5. The maximum absolute atomic E-state index is 11.6. The van der Waals surface area contributed by atoms with E-state index in [4.69, 9.17) is 10.5 Å². The lowest BCUT2D eigenvalue weighted by atomic mass is 10.0. The number of nitrogens with two attached hydrogens (primary N) is 1. The predicted molar refractivity (Wildman–Crippen MR) is 68.6 cm³/mol. The third-order valence-corrected chi connectivity index (χ3v) is 3.42. The van der Waals surface area contributed by atoms with Gasteiger partial charge in [-0.25, -0.2) is 0 Å². The Morgan fingerprint density at radius 1 is 1.53 bits per heavy atom. The van der Waals surface area contributed by atoms with E-state index >= 15 is 0 Å². The number of ether oxygens (including phenoxy) is 1. The van der Waals surface area contributed by atoms with Gasteiger partial charge in [0, 0.05) is 26.2 Å². The van der Waals surface area contributed by atoms with Crippen LogP contribution >= 0.6 is 0 Å². The van der Waals surface area contributed by atoms with Gasteiger partial charge in [0.15, 0.2) is 0 Å². The van der Waals surface area contributed by atoms with Crippen LogP contribution in [0.25, 0.3) is 0 Å². The number of amides is 1. The third kappa shape index (κ3) is 6.64. The van der Waals surface area contributed by atoms with Crippen LogP contribution in [0.2, 0.25) is 0 Å². The molecule has 0 aromatic heterocycles. The van der Waals surface area contributed by atoms with Crippen LogP contribution in [0.5, 0.6) is 0 Å². The van der Waals surface area contributed by atoms with Crippen LogP contribution in [0.3, 0.4) is 0 Å².